The van der Waals surface area contributed by atoms with E-state index in [9.17, 15) is 17.6 Å². The summed E-state index contributed by atoms with van der Waals surface area (Å²) in [6.45, 7) is 0.399. The SMILES string of the molecule is NCc1ccc(N2CCCC(C(F)(F)F)C2)c(F)c1Br. The maximum Gasteiger partial charge on any atom is 0.393 e. The van der Waals surface area contributed by atoms with Gasteiger partial charge in [-0.2, -0.15) is 13.2 Å². The molecule has 0 amide bonds. The summed E-state index contributed by atoms with van der Waals surface area (Å²) in [6.07, 6.45) is -3.73. The predicted molar refractivity (Wildman–Crippen MR) is 73.0 cm³/mol. The summed E-state index contributed by atoms with van der Waals surface area (Å²) in [4.78, 5) is 1.46. The lowest BCUT2D eigenvalue weighted by Gasteiger charge is -2.35. The van der Waals surface area contributed by atoms with Crippen LogP contribution in [0.15, 0.2) is 16.6 Å². The van der Waals surface area contributed by atoms with Gasteiger partial charge in [0.2, 0.25) is 0 Å². The maximum atomic E-state index is 14.2. The molecule has 1 aliphatic heterocycles. The first-order valence-corrected chi connectivity index (χ1v) is 7.12. The van der Waals surface area contributed by atoms with Gasteiger partial charge in [0.1, 0.15) is 0 Å². The molecular formula is C13H15BrF4N2. The van der Waals surface area contributed by atoms with E-state index < -0.39 is 17.9 Å². The Bertz CT molecular complexity index is 490. The molecule has 1 heterocycles. The number of piperidine rings is 1. The van der Waals surface area contributed by atoms with Crippen molar-refractivity contribution in [3.8, 4) is 0 Å². The van der Waals surface area contributed by atoms with Gasteiger partial charge in [-0.3, -0.25) is 0 Å². The van der Waals surface area contributed by atoms with Gasteiger partial charge in [-0.1, -0.05) is 6.07 Å². The fraction of sp³-hybridized carbons (Fsp3) is 0.538. The predicted octanol–water partition coefficient (Wildman–Crippen LogP) is 3.83. The topological polar surface area (TPSA) is 29.3 Å². The zero-order valence-electron chi connectivity index (χ0n) is 10.7. The minimum absolute atomic E-state index is 0.101. The van der Waals surface area contributed by atoms with Gasteiger partial charge >= 0.3 is 6.18 Å². The molecular weight excluding hydrogens is 340 g/mol. The van der Waals surface area contributed by atoms with Crippen molar-refractivity contribution >= 4 is 21.6 Å². The van der Waals surface area contributed by atoms with Crippen LogP contribution in [0.5, 0.6) is 0 Å². The molecule has 1 unspecified atom stereocenters. The number of alkyl halides is 3. The lowest BCUT2D eigenvalue weighted by molar-refractivity contribution is -0.176. The Morgan fingerprint density at radius 1 is 1.35 bits per heavy atom. The molecule has 1 aromatic carbocycles. The van der Waals surface area contributed by atoms with Gasteiger partial charge in [0.15, 0.2) is 5.82 Å². The first-order chi connectivity index (χ1) is 9.34. The van der Waals surface area contributed by atoms with Gasteiger partial charge < -0.3 is 10.6 Å². The Morgan fingerprint density at radius 2 is 2.05 bits per heavy atom. The lowest BCUT2D eigenvalue weighted by atomic mass is 9.97. The molecule has 1 fully saturated rings. The fourth-order valence-electron chi connectivity index (χ4n) is 2.44. The molecule has 7 heteroatoms. The molecule has 1 aliphatic rings. The fourth-order valence-corrected chi connectivity index (χ4v) is 2.94. The van der Waals surface area contributed by atoms with Gasteiger partial charge in [-0.25, -0.2) is 4.39 Å². The first kappa shape index (κ1) is 15.6. The van der Waals surface area contributed by atoms with E-state index in [1.165, 1.54) is 11.0 Å². The van der Waals surface area contributed by atoms with Crippen molar-refractivity contribution in [2.45, 2.75) is 25.6 Å². The third-order valence-electron chi connectivity index (χ3n) is 3.59. The average Bonchev–Trinajstić information content (AvgIpc) is 2.41. The number of nitrogens with zero attached hydrogens (tertiary/aromatic N) is 1. The van der Waals surface area contributed by atoms with E-state index in [0.29, 0.717) is 18.5 Å². The second kappa shape index (κ2) is 5.89. The van der Waals surface area contributed by atoms with E-state index in [-0.39, 0.29) is 29.7 Å². The van der Waals surface area contributed by atoms with Crippen LogP contribution in [-0.2, 0) is 6.54 Å². The van der Waals surface area contributed by atoms with Crippen LogP contribution in [0.25, 0.3) is 0 Å². The molecule has 2 N–H and O–H groups in total. The summed E-state index contributed by atoms with van der Waals surface area (Å²) < 4.78 is 52.8. The highest BCUT2D eigenvalue weighted by molar-refractivity contribution is 9.10. The van der Waals surface area contributed by atoms with Crippen molar-refractivity contribution < 1.29 is 17.6 Å². The Hall–Kier alpha value is -0.820. The molecule has 0 spiro atoms. The molecule has 2 rings (SSSR count). The smallest absolute Gasteiger partial charge is 0.369 e. The number of hydrogen-bond donors (Lipinski definition) is 1. The summed E-state index contributed by atoms with van der Waals surface area (Å²) in [7, 11) is 0. The van der Waals surface area contributed by atoms with Crippen LogP contribution in [0.2, 0.25) is 0 Å². The van der Waals surface area contributed by atoms with Crippen molar-refractivity contribution in [2.75, 3.05) is 18.0 Å². The highest BCUT2D eigenvalue weighted by Crippen LogP contribution is 2.37. The van der Waals surface area contributed by atoms with Crippen molar-refractivity contribution in [3.63, 3.8) is 0 Å². The lowest BCUT2D eigenvalue weighted by Crippen LogP contribution is -2.42. The van der Waals surface area contributed by atoms with E-state index >= 15 is 0 Å². The number of halogens is 5. The van der Waals surface area contributed by atoms with Crippen molar-refractivity contribution in [1.82, 2.24) is 0 Å². The highest BCUT2D eigenvalue weighted by Gasteiger charge is 2.42. The molecule has 2 nitrogen and oxygen atoms in total. The minimum atomic E-state index is -4.23. The number of benzene rings is 1. The second-order valence-electron chi connectivity index (χ2n) is 4.90. The molecule has 0 aromatic heterocycles. The molecule has 1 atom stereocenters. The summed E-state index contributed by atoms with van der Waals surface area (Å²) in [6, 6.07) is 3.14. The molecule has 0 saturated carbocycles. The third-order valence-corrected chi connectivity index (χ3v) is 4.44. The van der Waals surface area contributed by atoms with E-state index in [1.807, 2.05) is 0 Å². The number of nitrogens with two attached hydrogens (primary N) is 1. The van der Waals surface area contributed by atoms with Crippen LogP contribution in [0, 0.1) is 11.7 Å². The zero-order chi connectivity index (χ0) is 14.9. The first-order valence-electron chi connectivity index (χ1n) is 6.33. The molecule has 0 bridgehead atoms. The van der Waals surface area contributed by atoms with Gasteiger partial charge in [-0.15, -0.1) is 0 Å². The van der Waals surface area contributed by atoms with Gasteiger partial charge in [0, 0.05) is 19.6 Å². The van der Waals surface area contributed by atoms with Crippen LogP contribution in [-0.4, -0.2) is 19.3 Å². The van der Waals surface area contributed by atoms with Crippen molar-refractivity contribution in [3.05, 3.63) is 28.0 Å². The number of anilines is 1. The van der Waals surface area contributed by atoms with Crippen LogP contribution in [0.4, 0.5) is 23.2 Å². The summed E-state index contributed by atoms with van der Waals surface area (Å²) in [5.41, 5.74) is 6.26. The second-order valence-corrected chi connectivity index (χ2v) is 5.70. The molecule has 1 aromatic rings. The Kier molecular flexibility index (Phi) is 4.59. The average molecular weight is 355 g/mol. The van der Waals surface area contributed by atoms with Crippen LogP contribution >= 0.6 is 15.9 Å². The zero-order valence-corrected chi connectivity index (χ0v) is 12.3. The van der Waals surface area contributed by atoms with Gasteiger partial charge in [0.25, 0.3) is 0 Å². The monoisotopic (exact) mass is 354 g/mol. The quantitative estimate of drug-likeness (QED) is 0.818. The normalized spacial score (nSPS) is 20.3. The number of rotatable bonds is 2. The van der Waals surface area contributed by atoms with Crippen molar-refractivity contribution in [1.29, 1.82) is 0 Å². The number of hydrogen-bond acceptors (Lipinski definition) is 2. The summed E-state index contributed by atoms with van der Waals surface area (Å²) in [5, 5.41) is 0. The van der Waals surface area contributed by atoms with Gasteiger partial charge in [0.05, 0.1) is 16.1 Å². The minimum Gasteiger partial charge on any atom is -0.369 e. The maximum absolute atomic E-state index is 14.2. The molecule has 20 heavy (non-hydrogen) atoms. The largest absolute Gasteiger partial charge is 0.393 e. The van der Waals surface area contributed by atoms with E-state index in [0.717, 1.165) is 0 Å². The van der Waals surface area contributed by atoms with Crippen LogP contribution < -0.4 is 10.6 Å². The van der Waals surface area contributed by atoms with E-state index in [2.05, 4.69) is 15.9 Å². The Labute approximate surface area is 123 Å². The molecule has 112 valence electrons. The Balaban J connectivity index is 2.26. The molecule has 0 radical (unpaired) electrons. The van der Waals surface area contributed by atoms with Crippen molar-refractivity contribution in [2.24, 2.45) is 11.7 Å². The van der Waals surface area contributed by atoms with Crippen LogP contribution in [0.1, 0.15) is 18.4 Å². The van der Waals surface area contributed by atoms with Gasteiger partial charge in [-0.05, 0) is 40.4 Å². The molecule has 0 aliphatic carbocycles. The third kappa shape index (κ3) is 3.09. The Morgan fingerprint density at radius 3 is 2.65 bits per heavy atom. The summed E-state index contributed by atoms with van der Waals surface area (Å²) >= 11 is 3.11. The highest BCUT2D eigenvalue weighted by atomic mass is 79.9. The standard InChI is InChI=1S/C13H15BrF4N2/c14-11-8(6-19)3-4-10(12(11)15)20-5-1-2-9(7-20)13(16,17)18/h3-4,9H,1-2,5-7,19H2. The summed E-state index contributed by atoms with van der Waals surface area (Å²) in [5.74, 6) is -1.95. The molecule has 1 saturated heterocycles. The van der Waals surface area contributed by atoms with E-state index in [1.54, 1.807) is 6.07 Å². The van der Waals surface area contributed by atoms with Crippen LogP contribution in [0.3, 0.4) is 0 Å². The van der Waals surface area contributed by atoms with E-state index in [4.69, 9.17) is 5.73 Å².